The molecule has 0 heterocycles. The molecule has 0 aliphatic heterocycles. The van der Waals surface area contributed by atoms with Gasteiger partial charge >= 0.3 is 39.3 Å². The van der Waals surface area contributed by atoms with E-state index < -0.39 is 0 Å². The molecule has 0 atom stereocenters. The molecule has 0 aromatic carbocycles. The fourth-order valence-corrected chi connectivity index (χ4v) is 0. The van der Waals surface area contributed by atoms with Gasteiger partial charge < -0.3 is 144 Å². The quantitative estimate of drug-likeness (QED) is 0.168. The SMILES string of the molecule is [I-].[I-].[I-].[I-].[I-].[I-].[Os+4].[Zn+2]. The number of rotatable bonds is 0. The van der Waals surface area contributed by atoms with Crippen LogP contribution in [0.3, 0.4) is 0 Å². The molecule has 0 radical (unpaired) electrons. The second kappa shape index (κ2) is 53.8. The van der Waals surface area contributed by atoms with Crippen molar-refractivity contribution < 1.29 is 183 Å². The first-order valence-electron chi connectivity index (χ1n) is 0. The Balaban J connectivity index is 0. The number of hydrogen-bond acceptors (Lipinski definition) is 0. The van der Waals surface area contributed by atoms with Crippen LogP contribution < -0.4 is 144 Å². The van der Waals surface area contributed by atoms with Crippen molar-refractivity contribution in [3.8, 4) is 0 Å². The van der Waals surface area contributed by atoms with Gasteiger partial charge in [-0.15, -0.1) is 0 Å². The summed E-state index contributed by atoms with van der Waals surface area (Å²) in [5.41, 5.74) is 0. The Kier molecular flexibility index (Phi) is 461. The van der Waals surface area contributed by atoms with E-state index in [0.29, 0.717) is 0 Å². The zero-order chi connectivity index (χ0) is 0. The summed E-state index contributed by atoms with van der Waals surface area (Å²) in [4.78, 5) is 0. The zero-order valence-electron chi connectivity index (χ0n) is 3.33. The fourth-order valence-electron chi connectivity index (χ4n) is 0. The van der Waals surface area contributed by atoms with Crippen molar-refractivity contribution in [3.63, 3.8) is 0 Å². The second-order valence-corrected chi connectivity index (χ2v) is 0. The largest absolute Gasteiger partial charge is 4.00 e. The average molecular weight is 1020 g/mol. The van der Waals surface area contributed by atoms with E-state index in [-0.39, 0.29) is 183 Å². The minimum absolute atomic E-state index is 0. The normalized spacial score (nSPS) is 0. The van der Waals surface area contributed by atoms with Crippen LogP contribution in [0.2, 0.25) is 0 Å². The Labute approximate surface area is 178 Å². The summed E-state index contributed by atoms with van der Waals surface area (Å²) < 4.78 is 0. The van der Waals surface area contributed by atoms with Gasteiger partial charge in [0.25, 0.3) is 0 Å². The number of hydrogen-bond donors (Lipinski definition) is 0. The first kappa shape index (κ1) is 68.5. The van der Waals surface area contributed by atoms with Crippen molar-refractivity contribution in [2.24, 2.45) is 0 Å². The molecule has 52 valence electrons. The molecule has 0 bridgehead atoms. The summed E-state index contributed by atoms with van der Waals surface area (Å²) in [6.45, 7) is 0. The van der Waals surface area contributed by atoms with Crippen molar-refractivity contribution in [1.29, 1.82) is 0 Å². The second-order valence-electron chi connectivity index (χ2n) is 0. The topological polar surface area (TPSA) is 0 Å². The molecule has 0 amide bonds. The van der Waals surface area contributed by atoms with E-state index in [1.54, 1.807) is 0 Å². The van der Waals surface area contributed by atoms with E-state index in [0.717, 1.165) is 0 Å². The van der Waals surface area contributed by atoms with Crippen LogP contribution in [0.15, 0.2) is 0 Å². The summed E-state index contributed by atoms with van der Waals surface area (Å²) in [5.74, 6) is 0. The predicted molar refractivity (Wildman–Crippen MR) is 0 cm³/mol. The summed E-state index contributed by atoms with van der Waals surface area (Å²) in [6, 6.07) is 0. The average Bonchev–Trinajstić information content (AvgIpc) is 0. The Hall–Kier alpha value is 5.64. The van der Waals surface area contributed by atoms with Crippen LogP contribution in [-0.4, -0.2) is 0 Å². The van der Waals surface area contributed by atoms with Crippen LogP contribution in [0.25, 0.3) is 0 Å². The van der Waals surface area contributed by atoms with Crippen molar-refractivity contribution in [2.75, 3.05) is 0 Å². The molecule has 8 heteroatoms. The van der Waals surface area contributed by atoms with Crippen LogP contribution in [0.1, 0.15) is 0 Å². The van der Waals surface area contributed by atoms with Gasteiger partial charge in [-0.25, -0.2) is 0 Å². The minimum atomic E-state index is 0. The molecule has 0 saturated heterocycles. The van der Waals surface area contributed by atoms with Crippen molar-refractivity contribution in [3.05, 3.63) is 0 Å². The molecular weight excluding hydrogens is 1020 g/mol. The van der Waals surface area contributed by atoms with Crippen LogP contribution in [0.4, 0.5) is 0 Å². The van der Waals surface area contributed by atoms with Gasteiger partial charge in [0.05, 0.1) is 0 Å². The third-order valence-corrected chi connectivity index (χ3v) is 0. The van der Waals surface area contributed by atoms with Gasteiger partial charge in [0.15, 0.2) is 0 Å². The number of halogens is 6. The molecule has 0 aromatic heterocycles. The van der Waals surface area contributed by atoms with Crippen LogP contribution in [0, 0.1) is 0 Å². The maximum Gasteiger partial charge on any atom is 4.00 e. The molecular formula is I6OsZn. The van der Waals surface area contributed by atoms with E-state index in [2.05, 4.69) is 0 Å². The molecule has 0 saturated carbocycles. The maximum absolute atomic E-state index is 0. The van der Waals surface area contributed by atoms with E-state index in [4.69, 9.17) is 0 Å². The zero-order valence-corrected chi connectivity index (χ0v) is 21.8. The molecule has 8 heavy (non-hydrogen) atoms. The van der Waals surface area contributed by atoms with E-state index in [1.807, 2.05) is 0 Å². The molecule has 0 nitrogen and oxygen atoms in total. The van der Waals surface area contributed by atoms with Crippen molar-refractivity contribution in [2.45, 2.75) is 0 Å². The Morgan fingerprint density at radius 2 is 0.375 bits per heavy atom. The van der Waals surface area contributed by atoms with Gasteiger partial charge in [0.2, 0.25) is 0 Å². The molecule has 0 aromatic rings. The van der Waals surface area contributed by atoms with Gasteiger partial charge in [0.1, 0.15) is 0 Å². The minimum Gasteiger partial charge on any atom is -1.00 e. The molecule has 0 spiro atoms. The predicted octanol–water partition coefficient (Wildman–Crippen LogP) is -18.0. The standard InChI is InChI=1S/6HI.Os.Zn/h6*1H;;/q;;;;;;+4;+2/p-6. The first-order valence-corrected chi connectivity index (χ1v) is 0. The van der Waals surface area contributed by atoms with E-state index in [9.17, 15) is 0 Å². The Morgan fingerprint density at radius 3 is 0.375 bits per heavy atom. The third kappa shape index (κ3) is 41.4. The molecule has 0 N–H and O–H groups in total. The summed E-state index contributed by atoms with van der Waals surface area (Å²) in [7, 11) is 0. The van der Waals surface area contributed by atoms with Gasteiger partial charge in [-0.3, -0.25) is 0 Å². The molecule has 0 aliphatic rings. The van der Waals surface area contributed by atoms with Gasteiger partial charge in [0, 0.05) is 0 Å². The van der Waals surface area contributed by atoms with Gasteiger partial charge in [-0.05, 0) is 0 Å². The van der Waals surface area contributed by atoms with Gasteiger partial charge in [-0.2, -0.15) is 0 Å². The van der Waals surface area contributed by atoms with Crippen molar-refractivity contribution >= 4 is 0 Å². The van der Waals surface area contributed by atoms with Gasteiger partial charge in [-0.1, -0.05) is 0 Å². The summed E-state index contributed by atoms with van der Waals surface area (Å²) in [5, 5.41) is 0. The molecule has 0 unspecified atom stereocenters. The van der Waals surface area contributed by atoms with Crippen molar-refractivity contribution in [1.82, 2.24) is 0 Å². The third-order valence-electron chi connectivity index (χ3n) is 0. The molecule has 0 fully saturated rings. The Morgan fingerprint density at radius 1 is 0.375 bits per heavy atom. The van der Waals surface area contributed by atoms with E-state index >= 15 is 0 Å². The first-order chi connectivity index (χ1) is 0. The Bertz CT molecular complexity index is 8.49. The monoisotopic (exact) mass is 1020 g/mol. The van der Waals surface area contributed by atoms with Crippen LogP contribution in [-0.2, 0) is 39.3 Å². The molecule has 0 aliphatic carbocycles. The summed E-state index contributed by atoms with van der Waals surface area (Å²) >= 11 is 0. The van der Waals surface area contributed by atoms with Crippen LogP contribution in [0.5, 0.6) is 0 Å². The van der Waals surface area contributed by atoms with Crippen LogP contribution >= 0.6 is 0 Å². The fraction of sp³-hybridized carbons (Fsp3) is 0. The van der Waals surface area contributed by atoms with E-state index in [1.165, 1.54) is 0 Å². The summed E-state index contributed by atoms with van der Waals surface area (Å²) in [6.07, 6.45) is 0. The maximum atomic E-state index is 0. The smallest absolute Gasteiger partial charge is 1.00 e. The molecule has 0 rings (SSSR count).